The molecule has 1 saturated heterocycles. The van der Waals surface area contributed by atoms with Gasteiger partial charge in [0.1, 0.15) is 0 Å². The molecule has 2 aromatic carbocycles. The minimum atomic E-state index is -1.07. The van der Waals surface area contributed by atoms with Crippen LogP contribution in [0.3, 0.4) is 0 Å². The zero-order valence-corrected chi connectivity index (χ0v) is 21.1. The van der Waals surface area contributed by atoms with Crippen molar-refractivity contribution in [1.29, 1.82) is 0 Å². The number of piperidine rings is 1. The number of hydrogen-bond acceptors (Lipinski definition) is 3. The van der Waals surface area contributed by atoms with Crippen molar-refractivity contribution in [3.05, 3.63) is 70.2 Å². The molecule has 1 saturated carbocycles. The molecule has 1 unspecified atom stereocenters. The molecule has 1 heterocycles. The Morgan fingerprint density at radius 2 is 1.69 bits per heavy atom. The van der Waals surface area contributed by atoms with Crippen LogP contribution >= 0.6 is 11.6 Å². The summed E-state index contributed by atoms with van der Waals surface area (Å²) in [5, 5.41) is 13.0. The summed E-state index contributed by atoms with van der Waals surface area (Å²) in [7, 11) is 0. The maximum atomic E-state index is 13.7. The molecule has 2 aromatic rings. The van der Waals surface area contributed by atoms with E-state index in [2.05, 4.69) is 31.3 Å². The summed E-state index contributed by atoms with van der Waals surface area (Å²) >= 11 is 6.07. The molecule has 0 aromatic heterocycles. The summed E-state index contributed by atoms with van der Waals surface area (Å²) in [5.41, 5.74) is 1.52. The van der Waals surface area contributed by atoms with E-state index in [0.29, 0.717) is 24.6 Å². The third kappa shape index (κ3) is 5.69. The van der Waals surface area contributed by atoms with Gasteiger partial charge in [0.05, 0.1) is 11.5 Å². The van der Waals surface area contributed by atoms with Crippen LogP contribution in [0, 0.1) is 11.3 Å². The molecule has 2 fully saturated rings. The first-order valence-electron chi connectivity index (χ1n) is 12.3. The standard InChI is InChI=1S/C28H33ClN2O4/c1-28(2)17-31(15-14-23(28)18-10-12-21(29)13-11-18)26(33)22-8-3-4-9-24(22)30-25(32)19-6-5-7-20(16-19)27(34)35/h5-7,10-13,16,22-24H,3-4,8-9,14-15,17H2,1-2H3,(H,30,32)(H,34,35)/t22-,23?,24+/m0/s1. The number of halogens is 1. The van der Waals surface area contributed by atoms with Crippen LogP contribution in [0.25, 0.3) is 0 Å². The van der Waals surface area contributed by atoms with Crippen molar-refractivity contribution >= 4 is 29.4 Å². The highest BCUT2D eigenvalue weighted by Crippen LogP contribution is 2.43. The first-order chi connectivity index (χ1) is 16.7. The number of nitrogens with one attached hydrogen (secondary N) is 1. The number of carboxylic acids is 1. The van der Waals surface area contributed by atoms with E-state index in [1.165, 1.54) is 17.7 Å². The number of benzene rings is 2. The largest absolute Gasteiger partial charge is 0.478 e. The van der Waals surface area contributed by atoms with Crippen LogP contribution in [-0.4, -0.2) is 46.9 Å². The predicted octanol–water partition coefficient (Wildman–Crippen LogP) is 5.37. The SMILES string of the molecule is CC1(C)CN(C(=O)[C@H]2CCCC[C@H]2NC(=O)c2cccc(C(=O)O)c2)CCC1c1ccc(Cl)cc1. The van der Waals surface area contributed by atoms with Crippen molar-refractivity contribution in [2.45, 2.75) is 57.9 Å². The number of hydrogen-bond donors (Lipinski definition) is 2. The van der Waals surface area contributed by atoms with Gasteiger partial charge in [-0.05, 0) is 66.5 Å². The second-order valence-corrected chi connectivity index (χ2v) is 10.9. The second-order valence-electron chi connectivity index (χ2n) is 10.5. The minimum absolute atomic E-state index is 0.0692. The number of carbonyl (C=O) groups excluding carboxylic acids is 2. The third-order valence-electron chi connectivity index (χ3n) is 7.58. The number of rotatable bonds is 5. The van der Waals surface area contributed by atoms with E-state index < -0.39 is 5.97 Å². The summed E-state index contributed by atoms with van der Waals surface area (Å²) in [6.45, 7) is 5.77. The van der Waals surface area contributed by atoms with Crippen LogP contribution in [0.2, 0.25) is 5.02 Å². The Bertz CT molecular complexity index is 1100. The summed E-state index contributed by atoms with van der Waals surface area (Å²) < 4.78 is 0. The average Bonchev–Trinajstić information content (AvgIpc) is 2.84. The van der Waals surface area contributed by atoms with E-state index in [9.17, 15) is 19.5 Å². The monoisotopic (exact) mass is 496 g/mol. The molecule has 0 bridgehead atoms. The topological polar surface area (TPSA) is 86.7 Å². The number of amides is 2. The van der Waals surface area contributed by atoms with Gasteiger partial charge in [0.2, 0.25) is 5.91 Å². The van der Waals surface area contributed by atoms with Crippen LogP contribution in [0.1, 0.15) is 78.1 Å². The number of nitrogens with zero attached hydrogens (tertiary/aromatic N) is 1. The fourth-order valence-electron chi connectivity index (χ4n) is 5.74. The number of carboxylic acid groups (broad SMARTS) is 1. The van der Waals surface area contributed by atoms with Gasteiger partial charge in [-0.2, -0.15) is 0 Å². The summed E-state index contributed by atoms with van der Waals surface area (Å²) in [4.78, 5) is 39.9. The van der Waals surface area contributed by atoms with E-state index in [1.807, 2.05) is 17.0 Å². The van der Waals surface area contributed by atoms with Gasteiger partial charge in [-0.15, -0.1) is 0 Å². The van der Waals surface area contributed by atoms with Gasteiger partial charge in [-0.3, -0.25) is 9.59 Å². The molecule has 2 aliphatic rings. The maximum absolute atomic E-state index is 13.7. The van der Waals surface area contributed by atoms with Crippen LogP contribution in [0.4, 0.5) is 0 Å². The molecular formula is C28H33ClN2O4. The van der Waals surface area contributed by atoms with Gasteiger partial charge in [-0.1, -0.05) is 56.5 Å². The Hall–Kier alpha value is -2.86. The van der Waals surface area contributed by atoms with E-state index in [4.69, 9.17) is 11.6 Å². The lowest BCUT2D eigenvalue weighted by molar-refractivity contribution is -0.141. The van der Waals surface area contributed by atoms with E-state index in [1.54, 1.807) is 12.1 Å². The Morgan fingerprint density at radius 1 is 1.00 bits per heavy atom. The molecule has 4 rings (SSSR count). The van der Waals surface area contributed by atoms with Crippen molar-refractivity contribution in [2.75, 3.05) is 13.1 Å². The van der Waals surface area contributed by atoms with E-state index in [0.717, 1.165) is 37.1 Å². The molecule has 1 aliphatic carbocycles. The normalized spacial score (nSPS) is 24.0. The van der Waals surface area contributed by atoms with Gasteiger partial charge in [0, 0.05) is 29.7 Å². The van der Waals surface area contributed by atoms with Gasteiger partial charge < -0.3 is 15.3 Å². The number of likely N-dealkylation sites (tertiary alicyclic amines) is 1. The Kier molecular flexibility index (Phi) is 7.50. The van der Waals surface area contributed by atoms with Crippen LogP contribution in [-0.2, 0) is 4.79 Å². The van der Waals surface area contributed by atoms with Crippen molar-refractivity contribution in [1.82, 2.24) is 10.2 Å². The molecule has 6 nitrogen and oxygen atoms in total. The van der Waals surface area contributed by atoms with Crippen LogP contribution < -0.4 is 5.32 Å². The first-order valence-corrected chi connectivity index (χ1v) is 12.7. The third-order valence-corrected chi connectivity index (χ3v) is 7.84. The Labute approximate surface area is 211 Å². The summed E-state index contributed by atoms with van der Waals surface area (Å²) in [6.07, 6.45) is 4.28. The fourth-order valence-corrected chi connectivity index (χ4v) is 5.86. The fraction of sp³-hybridized carbons (Fsp3) is 0.464. The molecular weight excluding hydrogens is 464 g/mol. The van der Waals surface area contributed by atoms with Crippen molar-refractivity contribution in [3.8, 4) is 0 Å². The zero-order valence-electron chi connectivity index (χ0n) is 20.3. The highest BCUT2D eigenvalue weighted by Gasteiger charge is 2.42. The quantitative estimate of drug-likeness (QED) is 0.582. The van der Waals surface area contributed by atoms with Crippen LogP contribution in [0.5, 0.6) is 0 Å². The molecule has 0 radical (unpaired) electrons. The van der Waals surface area contributed by atoms with Gasteiger partial charge in [0.15, 0.2) is 0 Å². The number of aromatic carboxylic acids is 1. The molecule has 2 N–H and O–H groups in total. The smallest absolute Gasteiger partial charge is 0.335 e. The van der Waals surface area contributed by atoms with Gasteiger partial charge >= 0.3 is 5.97 Å². The van der Waals surface area contributed by atoms with Crippen molar-refractivity contribution in [2.24, 2.45) is 11.3 Å². The Morgan fingerprint density at radius 3 is 2.37 bits per heavy atom. The molecule has 0 spiro atoms. The highest BCUT2D eigenvalue weighted by molar-refractivity contribution is 6.30. The Balaban J connectivity index is 1.45. The average molecular weight is 497 g/mol. The summed E-state index contributed by atoms with van der Waals surface area (Å²) in [5.74, 6) is -1.23. The van der Waals surface area contributed by atoms with Crippen molar-refractivity contribution in [3.63, 3.8) is 0 Å². The lowest BCUT2D eigenvalue weighted by atomic mass is 9.70. The van der Waals surface area contributed by atoms with Gasteiger partial charge in [-0.25, -0.2) is 4.79 Å². The lowest BCUT2D eigenvalue weighted by Crippen LogP contribution is -2.54. The summed E-state index contributed by atoms with van der Waals surface area (Å²) in [6, 6.07) is 13.8. The molecule has 3 atom stereocenters. The molecule has 2 amide bonds. The maximum Gasteiger partial charge on any atom is 0.335 e. The lowest BCUT2D eigenvalue weighted by Gasteiger charge is -2.46. The predicted molar refractivity (Wildman–Crippen MR) is 136 cm³/mol. The van der Waals surface area contributed by atoms with Crippen LogP contribution in [0.15, 0.2) is 48.5 Å². The molecule has 1 aliphatic heterocycles. The molecule has 186 valence electrons. The van der Waals surface area contributed by atoms with Crippen molar-refractivity contribution < 1.29 is 19.5 Å². The minimum Gasteiger partial charge on any atom is -0.478 e. The molecule has 35 heavy (non-hydrogen) atoms. The van der Waals surface area contributed by atoms with E-state index in [-0.39, 0.29) is 34.8 Å². The van der Waals surface area contributed by atoms with E-state index >= 15 is 0 Å². The first kappa shape index (κ1) is 25.2. The number of carbonyl (C=O) groups is 3. The molecule has 7 heteroatoms. The second kappa shape index (κ2) is 10.4. The zero-order chi connectivity index (χ0) is 25.2. The highest BCUT2D eigenvalue weighted by atomic mass is 35.5. The van der Waals surface area contributed by atoms with Gasteiger partial charge in [0.25, 0.3) is 5.91 Å².